The van der Waals surface area contributed by atoms with Crippen LogP contribution in [-0.2, 0) is 21.1 Å². The molecule has 0 bridgehead atoms. The summed E-state index contributed by atoms with van der Waals surface area (Å²) in [4.78, 5) is 37.2. The van der Waals surface area contributed by atoms with Gasteiger partial charge in [0.05, 0.1) is 12.3 Å². The van der Waals surface area contributed by atoms with Crippen molar-refractivity contribution < 1.29 is 44.9 Å². The molecule has 0 aliphatic rings. The Morgan fingerprint density at radius 3 is 2.08 bits per heavy atom. The number of carboxylic acids is 1. The van der Waals surface area contributed by atoms with Gasteiger partial charge in [0.2, 0.25) is 0 Å². The standard InChI is InChI=1S/C8H10N4O2.C7H6O2.Na.H2O/c1-10-4-9-6-5(10)7(13)12(3)8(14)11(6)2;8-7(9)6-4-2-1-3-5-6;;/h4H,1-3H3;1-5H,(H,8,9);;1H2/q;;+1;/p-1. The quantitative estimate of drug-likeness (QED) is 0.403. The van der Waals surface area contributed by atoms with E-state index in [1.54, 1.807) is 36.9 Å². The van der Waals surface area contributed by atoms with Gasteiger partial charge in [0.15, 0.2) is 11.2 Å². The van der Waals surface area contributed by atoms with Crippen LogP contribution in [-0.4, -0.2) is 30.1 Å². The predicted octanol–water partition coefficient (Wildman–Crippen LogP) is -4.80. The Labute approximate surface area is 164 Å². The summed E-state index contributed by atoms with van der Waals surface area (Å²) >= 11 is 0. The molecule has 0 amide bonds. The topological polar surface area (TPSA) is 133 Å². The SMILES string of the molecule is Cn1c(=O)c2c(ncn2C)n(C)c1=O.O.O=C([O-])c1ccccc1.[Na+]. The first-order chi connectivity index (χ1) is 10.8. The first-order valence-corrected chi connectivity index (χ1v) is 6.68. The first-order valence-electron chi connectivity index (χ1n) is 6.68. The summed E-state index contributed by atoms with van der Waals surface area (Å²) < 4.78 is 4.04. The van der Waals surface area contributed by atoms with Crippen LogP contribution in [0.4, 0.5) is 0 Å². The number of benzene rings is 1. The van der Waals surface area contributed by atoms with Gasteiger partial charge in [-0.25, -0.2) is 9.78 Å². The Hall–Kier alpha value is -2.20. The third-order valence-corrected chi connectivity index (χ3v) is 3.33. The molecule has 3 aromatic rings. The van der Waals surface area contributed by atoms with Crippen molar-refractivity contribution >= 4 is 17.1 Å². The van der Waals surface area contributed by atoms with E-state index in [1.165, 1.54) is 30.1 Å². The van der Waals surface area contributed by atoms with Crippen molar-refractivity contribution in [3.8, 4) is 0 Å². The average Bonchev–Trinajstić information content (AvgIpc) is 2.94. The van der Waals surface area contributed by atoms with Crippen LogP contribution < -0.4 is 45.9 Å². The number of carboxylic acid groups (broad SMARTS) is 1. The van der Waals surface area contributed by atoms with Crippen molar-refractivity contribution in [2.24, 2.45) is 21.1 Å². The monoisotopic (exact) mass is 356 g/mol. The van der Waals surface area contributed by atoms with Gasteiger partial charge < -0.3 is 19.9 Å². The fourth-order valence-electron chi connectivity index (χ4n) is 2.05. The van der Waals surface area contributed by atoms with Crippen molar-refractivity contribution in [2.45, 2.75) is 0 Å². The van der Waals surface area contributed by atoms with Gasteiger partial charge in [-0.15, -0.1) is 0 Å². The second-order valence-electron chi connectivity index (χ2n) is 4.89. The van der Waals surface area contributed by atoms with E-state index in [9.17, 15) is 19.5 Å². The van der Waals surface area contributed by atoms with E-state index in [2.05, 4.69) is 4.98 Å². The van der Waals surface area contributed by atoms with Gasteiger partial charge in [-0.1, -0.05) is 30.3 Å². The predicted molar refractivity (Wildman–Crippen MR) is 85.6 cm³/mol. The van der Waals surface area contributed by atoms with Gasteiger partial charge in [0.25, 0.3) is 5.56 Å². The molecule has 10 heteroatoms. The maximum absolute atomic E-state index is 11.7. The zero-order valence-electron chi connectivity index (χ0n) is 14.4. The zero-order chi connectivity index (χ0) is 17.1. The number of nitrogens with zero attached hydrogens (tertiary/aromatic N) is 4. The third-order valence-electron chi connectivity index (χ3n) is 3.33. The van der Waals surface area contributed by atoms with E-state index in [0.717, 1.165) is 4.57 Å². The van der Waals surface area contributed by atoms with Crippen molar-refractivity contribution in [1.29, 1.82) is 0 Å². The number of fused-ring (bicyclic) bond motifs is 1. The number of aromatic carboxylic acids is 1. The van der Waals surface area contributed by atoms with Gasteiger partial charge in [-0.3, -0.25) is 13.9 Å². The second kappa shape index (κ2) is 9.33. The van der Waals surface area contributed by atoms with Crippen LogP contribution in [0.2, 0.25) is 0 Å². The van der Waals surface area contributed by atoms with Gasteiger partial charge in [-0.2, -0.15) is 0 Å². The van der Waals surface area contributed by atoms with Crippen molar-refractivity contribution in [3.63, 3.8) is 0 Å². The fourth-order valence-corrected chi connectivity index (χ4v) is 2.05. The number of aromatic nitrogens is 4. The summed E-state index contributed by atoms with van der Waals surface area (Å²) in [6, 6.07) is 8.06. The zero-order valence-corrected chi connectivity index (χ0v) is 16.4. The van der Waals surface area contributed by atoms with Crippen LogP contribution in [0.25, 0.3) is 11.2 Å². The average molecular weight is 356 g/mol. The third kappa shape index (κ3) is 4.67. The summed E-state index contributed by atoms with van der Waals surface area (Å²) in [5.74, 6) is -1.13. The summed E-state index contributed by atoms with van der Waals surface area (Å²) in [6.45, 7) is 0. The largest absolute Gasteiger partial charge is 1.00 e. The molecule has 0 aliphatic carbocycles. The van der Waals surface area contributed by atoms with Crippen LogP contribution in [0.5, 0.6) is 0 Å². The molecule has 0 fully saturated rings. The molecule has 2 heterocycles. The molecule has 1 aromatic carbocycles. The van der Waals surface area contributed by atoms with Crippen LogP contribution >= 0.6 is 0 Å². The van der Waals surface area contributed by atoms with Crippen molar-refractivity contribution in [3.05, 3.63) is 63.1 Å². The molecule has 2 N–H and O–H groups in total. The van der Waals surface area contributed by atoms with E-state index in [4.69, 9.17) is 0 Å². The fraction of sp³-hybridized carbons (Fsp3) is 0.200. The Morgan fingerprint density at radius 2 is 1.60 bits per heavy atom. The van der Waals surface area contributed by atoms with E-state index >= 15 is 0 Å². The van der Waals surface area contributed by atoms with Crippen LogP contribution in [0.3, 0.4) is 0 Å². The number of carbonyl (C=O) groups excluding carboxylic acids is 1. The molecule has 0 aliphatic heterocycles. The number of imidazole rings is 1. The summed E-state index contributed by atoms with van der Waals surface area (Å²) in [5, 5.41) is 10.1. The smallest absolute Gasteiger partial charge is 0.545 e. The maximum Gasteiger partial charge on any atom is 1.00 e. The summed E-state index contributed by atoms with van der Waals surface area (Å²) in [7, 11) is 4.77. The second-order valence-corrected chi connectivity index (χ2v) is 4.89. The minimum atomic E-state index is -1.13. The van der Waals surface area contributed by atoms with E-state index in [0.29, 0.717) is 11.2 Å². The van der Waals surface area contributed by atoms with E-state index in [1.807, 2.05) is 0 Å². The normalized spacial score (nSPS) is 9.40. The molecular weight excluding hydrogens is 339 g/mol. The molecular formula is C15H17N4NaO5. The maximum atomic E-state index is 11.7. The summed E-state index contributed by atoms with van der Waals surface area (Å²) in [5.41, 5.74) is 0.400. The molecule has 0 radical (unpaired) electrons. The van der Waals surface area contributed by atoms with Gasteiger partial charge >= 0.3 is 35.2 Å². The Bertz CT molecular complexity index is 975. The molecule has 0 spiro atoms. The minimum absolute atomic E-state index is 0. The number of aryl methyl sites for hydroxylation is 2. The number of rotatable bonds is 1. The molecule has 0 saturated heterocycles. The number of hydrogen-bond donors (Lipinski definition) is 0. The van der Waals surface area contributed by atoms with Crippen LogP contribution in [0.1, 0.15) is 10.4 Å². The molecule has 128 valence electrons. The molecule has 0 saturated carbocycles. The van der Waals surface area contributed by atoms with E-state index < -0.39 is 5.97 Å². The summed E-state index contributed by atoms with van der Waals surface area (Å²) in [6.07, 6.45) is 1.52. The van der Waals surface area contributed by atoms with E-state index in [-0.39, 0.29) is 51.8 Å². The number of hydrogen-bond acceptors (Lipinski definition) is 5. The molecule has 3 rings (SSSR count). The molecule has 25 heavy (non-hydrogen) atoms. The Kier molecular flexibility index (Phi) is 8.51. The first kappa shape index (κ1) is 22.8. The molecule has 2 aromatic heterocycles. The van der Waals surface area contributed by atoms with Crippen molar-refractivity contribution in [2.75, 3.05) is 0 Å². The minimum Gasteiger partial charge on any atom is -0.545 e. The molecule has 0 unspecified atom stereocenters. The van der Waals surface area contributed by atoms with Crippen molar-refractivity contribution in [1.82, 2.24) is 18.7 Å². The Balaban J connectivity index is 0.000000462. The van der Waals surface area contributed by atoms with Gasteiger partial charge in [0.1, 0.15) is 0 Å². The Morgan fingerprint density at radius 1 is 1.04 bits per heavy atom. The van der Waals surface area contributed by atoms with Gasteiger partial charge in [-0.05, 0) is 5.56 Å². The van der Waals surface area contributed by atoms with Gasteiger partial charge in [0, 0.05) is 21.1 Å². The number of carbonyl (C=O) groups is 1. The van der Waals surface area contributed by atoms with Crippen LogP contribution in [0.15, 0.2) is 46.2 Å². The van der Waals surface area contributed by atoms with Crippen LogP contribution in [0, 0.1) is 0 Å². The molecule has 0 atom stereocenters. The molecule has 9 nitrogen and oxygen atoms in total.